The first kappa shape index (κ1) is 20.4. The van der Waals surface area contributed by atoms with E-state index < -0.39 is 11.9 Å². The SMILES string of the molecule is O=C(CC(CCCCc1ccccc1)C(=O)O)c1ccc2c3c(oc2c1)CCCC3. The number of aliphatic carboxylic acids is 1. The first-order chi connectivity index (χ1) is 14.6. The Balaban J connectivity index is 1.37. The molecule has 0 spiro atoms. The predicted octanol–water partition coefficient (Wildman–Crippen LogP) is 6.00. The Morgan fingerprint density at radius 1 is 1.00 bits per heavy atom. The van der Waals surface area contributed by atoms with Crippen molar-refractivity contribution in [3.05, 3.63) is 71.0 Å². The van der Waals surface area contributed by atoms with Gasteiger partial charge in [-0.2, -0.15) is 0 Å². The van der Waals surface area contributed by atoms with Crippen LogP contribution in [0.5, 0.6) is 0 Å². The Hall–Kier alpha value is -2.88. The molecule has 156 valence electrons. The lowest BCUT2D eigenvalue weighted by atomic mass is 9.92. The highest BCUT2D eigenvalue weighted by Gasteiger charge is 2.23. The Labute approximate surface area is 176 Å². The number of hydrogen-bond acceptors (Lipinski definition) is 3. The zero-order valence-corrected chi connectivity index (χ0v) is 17.2. The van der Waals surface area contributed by atoms with Crippen molar-refractivity contribution in [1.29, 1.82) is 0 Å². The van der Waals surface area contributed by atoms with Crippen LogP contribution in [0.1, 0.15) is 65.8 Å². The molecule has 4 nitrogen and oxygen atoms in total. The number of rotatable bonds is 9. The lowest BCUT2D eigenvalue weighted by Crippen LogP contribution is -2.18. The summed E-state index contributed by atoms with van der Waals surface area (Å²) < 4.78 is 5.99. The third-order valence-corrected chi connectivity index (χ3v) is 6.17. The number of hydrogen-bond donors (Lipinski definition) is 1. The standard InChI is InChI=1S/C26H28O4/c27-23(16-20(26(28)29)11-5-4-10-18-8-2-1-3-9-18)19-14-15-22-21-12-6-7-13-24(21)30-25(22)17-19/h1-3,8-9,14-15,17,20H,4-7,10-13,16H2,(H,28,29). The maximum atomic E-state index is 12.8. The highest BCUT2D eigenvalue weighted by molar-refractivity contribution is 6.01. The maximum Gasteiger partial charge on any atom is 0.306 e. The summed E-state index contributed by atoms with van der Waals surface area (Å²) in [5.74, 6) is -0.615. The quantitative estimate of drug-likeness (QED) is 0.351. The summed E-state index contributed by atoms with van der Waals surface area (Å²) >= 11 is 0. The van der Waals surface area contributed by atoms with Gasteiger partial charge in [0.1, 0.15) is 11.3 Å². The molecule has 30 heavy (non-hydrogen) atoms. The maximum absolute atomic E-state index is 12.8. The topological polar surface area (TPSA) is 67.5 Å². The van der Waals surface area contributed by atoms with Crippen molar-refractivity contribution >= 4 is 22.7 Å². The molecule has 0 bridgehead atoms. The molecule has 4 rings (SSSR count). The van der Waals surface area contributed by atoms with Gasteiger partial charge in [-0.05, 0) is 50.2 Å². The molecule has 0 amide bonds. The molecular formula is C26H28O4. The number of carboxylic acids is 1. The predicted molar refractivity (Wildman–Crippen MR) is 117 cm³/mol. The minimum absolute atomic E-state index is 0.0343. The molecule has 0 fully saturated rings. The number of ketones is 1. The number of carbonyl (C=O) groups is 2. The van der Waals surface area contributed by atoms with Crippen LogP contribution in [0.2, 0.25) is 0 Å². The zero-order valence-electron chi connectivity index (χ0n) is 17.2. The number of unbranched alkanes of at least 4 members (excludes halogenated alkanes) is 1. The highest BCUT2D eigenvalue weighted by atomic mass is 16.4. The molecule has 1 aliphatic carbocycles. The average molecular weight is 405 g/mol. The van der Waals surface area contributed by atoms with Gasteiger partial charge in [-0.15, -0.1) is 0 Å². The number of fused-ring (bicyclic) bond motifs is 3. The normalized spacial score (nSPS) is 14.4. The van der Waals surface area contributed by atoms with E-state index in [4.69, 9.17) is 4.42 Å². The van der Waals surface area contributed by atoms with E-state index in [9.17, 15) is 14.7 Å². The summed E-state index contributed by atoms with van der Waals surface area (Å²) in [5.41, 5.74) is 3.83. The van der Waals surface area contributed by atoms with E-state index in [2.05, 4.69) is 12.1 Å². The van der Waals surface area contributed by atoms with E-state index >= 15 is 0 Å². The molecular weight excluding hydrogens is 376 g/mol. The zero-order chi connectivity index (χ0) is 20.9. The van der Waals surface area contributed by atoms with Crippen LogP contribution in [0.3, 0.4) is 0 Å². The lowest BCUT2D eigenvalue weighted by molar-refractivity contribution is -0.141. The van der Waals surface area contributed by atoms with Crippen LogP contribution in [-0.2, 0) is 24.1 Å². The number of aryl methyl sites for hydroxylation is 3. The first-order valence-corrected chi connectivity index (χ1v) is 11.0. The van der Waals surface area contributed by atoms with E-state index in [0.717, 1.165) is 55.3 Å². The van der Waals surface area contributed by atoms with Crippen LogP contribution in [0, 0.1) is 5.92 Å². The third kappa shape index (κ3) is 4.64. The number of carboxylic acid groups (broad SMARTS) is 1. The molecule has 1 N–H and O–H groups in total. The summed E-state index contributed by atoms with van der Waals surface area (Å²) in [5, 5.41) is 10.7. The minimum Gasteiger partial charge on any atom is -0.481 e. The van der Waals surface area contributed by atoms with Gasteiger partial charge in [0, 0.05) is 29.4 Å². The van der Waals surface area contributed by atoms with Crippen molar-refractivity contribution in [3.63, 3.8) is 0 Å². The first-order valence-electron chi connectivity index (χ1n) is 11.0. The largest absolute Gasteiger partial charge is 0.481 e. The van der Waals surface area contributed by atoms with Crippen molar-refractivity contribution < 1.29 is 19.1 Å². The molecule has 0 radical (unpaired) electrons. The minimum atomic E-state index is -0.891. The molecule has 0 saturated carbocycles. The van der Waals surface area contributed by atoms with Gasteiger partial charge in [-0.3, -0.25) is 9.59 Å². The molecule has 0 aliphatic heterocycles. The van der Waals surface area contributed by atoms with Gasteiger partial charge in [-0.1, -0.05) is 48.9 Å². The number of carbonyl (C=O) groups excluding carboxylic acids is 1. The van der Waals surface area contributed by atoms with E-state index in [0.29, 0.717) is 12.0 Å². The Bertz CT molecular complexity index is 1030. The highest BCUT2D eigenvalue weighted by Crippen LogP contribution is 2.32. The lowest BCUT2D eigenvalue weighted by Gasteiger charge is -2.12. The fourth-order valence-corrected chi connectivity index (χ4v) is 4.46. The van der Waals surface area contributed by atoms with Gasteiger partial charge >= 0.3 is 5.97 Å². The summed E-state index contributed by atoms with van der Waals surface area (Å²) in [6.07, 6.45) is 7.50. The summed E-state index contributed by atoms with van der Waals surface area (Å²) in [7, 11) is 0. The van der Waals surface area contributed by atoms with Crippen molar-refractivity contribution in [2.24, 2.45) is 5.92 Å². The van der Waals surface area contributed by atoms with Gasteiger partial charge in [0.25, 0.3) is 0 Å². The van der Waals surface area contributed by atoms with Gasteiger partial charge in [0.2, 0.25) is 0 Å². The average Bonchev–Trinajstić information content (AvgIpc) is 3.14. The molecule has 1 unspecified atom stereocenters. The van der Waals surface area contributed by atoms with Crippen LogP contribution in [0.25, 0.3) is 11.0 Å². The van der Waals surface area contributed by atoms with E-state index in [1.807, 2.05) is 30.3 Å². The van der Waals surface area contributed by atoms with Crippen molar-refractivity contribution in [3.8, 4) is 0 Å². The van der Waals surface area contributed by atoms with Gasteiger partial charge in [0.15, 0.2) is 5.78 Å². The molecule has 1 heterocycles. The van der Waals surface area contributed by atoms with Gasteiger partial charge in [-0.25, -0.2) is 0 Å². The Morgan fingerprint density at radius 2 is 1.80 bits per heavy atom. The number of furan rings is 1. The van der Waals surface area contributed by atoms with Gasteiger partial charge < -0.3 is 9.52 Å². The van der Waals surface area contributed by atoms with E-state index in [-0.39, 0.29) is 12.2 Å². The molecule has 1 atom stereocenters. The summed E-state index contributed by atoms with van der Waals surface area (Å²) in [6.45, 7) is 0. The Morgan fingerprint density at radius 3 is 2.60 bits per heavy atom. The molecule has 4 heteroatoms. The van der Waals surface area contributed by atoms with Crippen LogP contribution in [-0.4, -0.2) is 16.9 Å². The van der Waals surface area contributed by atoms with Crippen LogP contribution in [0.15, 0.2) is 52.9 Å². The van der Waals surface area contributed by atoms with Gasteiger partial charge in [0.05, 0.1) is 5.92 Å². The summed E-state index contributed by atoms with van der Waals surface area (Å²) in [6, 6.07) is 15.8. The molecule has 1 aromatic heterocycles. The van der Waals surface area contributed by atoms with Crippen LogP contribution >= 0.6 is 0 Å². The molecule has 0 saturated heterocycles. The van der Waals surface area contributed by atoms with Crippen molar-refractivity contribution in [1.82, 2.24) is 0 Å². The van der Waals surface area contributed by atoms with Crippen molar-refractivity contribution in [2.75, 3.05) is 0 Å². The monoisotopic (exact) mass is 404 g/mol. The molecule has 2 aromatic carbocycles. The number of benzene rings is 2. The second-order valence-electron chi connectivity index (χ2n) is 8.32. The fourth-order valence-electron chi connectivity index (χ4n) is 4.46. The smallest absolute Gasteiger partial charge is 0.306 e. The fraction of sp³-hybridized carbons (Fsp3) is 0.385. The molecule has 3 aromatic rings. The Kier molecular flexibility index (Phi) is 6.32. The van der Waals surface area contributed by atoms with E-state index in [1.165, 1.54) is 17.5 Å². The third-order valence-electron chi connectivity index (χ3n) is 6.17. The number of Topliss-reactive ketones (excluding diaryl/α,β-unsaturated/α-hetero) is 1. The summed E-state index contributed by atoms with van der Waals surface area (Å²) in [4.78, 5) is 24.5. The van der Waals surface area contributed by atoms with E-state index in [1.54, 1.807) is 6.07 Å². The van der Waals surface area contributed by atoms with Crippen molar-refractivity contribution in [2.45, 2.75) is 57.8 Å². The second kappa shape index (κ2) is 9.29. The second-order valence-corrected chi connectivity index (χ2v) is 8.32. The van der Waals surface area contributed by atoms with Crippen LogP contribution < -0.4 is 0 Å². The van der Waals surface area contributed by atoms with Crippen LogP contribution in [0.4, 0.5) is 0 Å². The molecule has 1 aliphatic rings.